The highest BCUT2D eigenvalue weighted by atomic mass is 32.2. The molecule has 1 rings (SSSR count). The molecule has 0 aromatic heterocycles. The van der Waals surface area contributed by atoms with Crippen LogP contribution in [0.4, 0.5) is 0 Å². The lowest BCUT2D eigenvalue weighted by atomic mass is 9.91. The summed E-state index contributed by atoms with van der Waals surface area (Å²) in [4.78, 5) is 0. The molecule has 0 unspecified atom stereocenters. The summed E-state index contributed by atoms with van der Waals surface area (Å²) in [6.07, 6.45) is 7.85. The van der Waals surface area contributed by atoms with Crippen LogP contribution < -0.4 is 0 Å². The van der Waals surface area contributed by atoms with Crippen molar-refractivity contribution in [3.63, 3.8) is 0 Å². The molecule has 0 spiro atoms. The first-order valence-corrected chi connectivity index (χ1v) is 6.97. The predicted octanol–water partition coefficient (Wildman–Crippen LogP) is 2.53. The lowest BCUT2D eigenvalue weighted by molar-refractivity contribution is 0.385. The van der Waals surface area contributed by atoms with Gasteiger partial charge in [-0.25, -0.2) is 8.42 Å². The highest BCUT2D eigenvalue weighted by Crippen LogP contribution is 2.22. The molecule has 0 amide bonds. The largest absolute Gasteiger partial charge is 0.748 e. The van der Waals surface area contributed by atoms with Crippen LogP contribution in [-0.2, 0) is 10.1 Å². The maximum absolute atomic E-state index is 9.68. The fraction of sp³-hybridized carbons (Fsp3) is 1.00. The van der Waals surface area contributed by atoms with Crippen molar-refractivity contribution in [3.05, 3.63) is 0 Å². The molecule has 0 bridgehead atoms. The van der Waals surface area contributed by atoms with Crippen molar-refractivity contribution in [1.29, 1.82) is 0 Å². The number of hydrogen-bond donors (Lipinski definition) is 0. The van der Waals surface area contributed by atoms with Crippen LogP contribution in [0.2, 0.25) is 0 Å². The molecular formula is C10H21O3S-. The van der Waals surface area contributed by atoms with E-state index in [1.54, 1.807) is 6.92 Å². The van der Waals surface area contributed by atoms with E-state index in [9.17, 15) is 13.0 Å². The SMILES string of the molecule is CC1CCCCC1.CCCS(=O)(=O)[O-]. The molecule has 4 heteroatoms. The molecule has 0 aliphatic heterocycles. The van der Waals surface area contributed by atoms with Crippen LogP contribution in [0.1, 0.15) is 52.4 Å². The first-order valence-electron chi connectivity index (χ1n) is 5.39. The zero-order chi connectivity index (χ0) is 11.0. The minimum atomic E-state index is -3.92. The quantitative estimate of drug-likeness (QED) is 0.673. The van der Waals surface area contributed by atoms with E-state index < -0.39 is 10.1 Å². The van der Waals surface area contributed by atoms with Crippen molar-refractivity contribution >= 4 is 10.1 Å². The van der Waals surface area contributed by atoms with Gasteiger partial charge in [-0.2, -0.15) is 0 Å². The fourth-order valence-electron chi connectivity index (χ4n) is 1.56. The first-order chi connectivity index (χ1) is 6.45. The standard InChI is InChI=1S/C7H14.C3H8O3S/c1-7-5-3-2-4-6-7;1-2-3-7(4,5)6/h7H,2-6H2,1H3;2-3H2,1H3,(H,4,5,6)/p-1. The minimum Gasteiger partial charge on any atom is -0.748 e. The molecule has 0 aromatic rings. The smallest absolute Gasteiger partial charge is 0.0945 e. The lowest BCUT2D eigenvalue weighted by Gasteiger charge is -2.15. The summed E-state index contributed by atoms with van der Waals surface area (Å²) in [6, 6.07) is 0. The van der Waals surface area contributed by atoms with Crippen molar-refractivity contribution in [2.75, 3.05) is 5.75 Å². The minimum absolute atomic E-state index is 0.243. The molecular weight excluding hydrogens is 200 g/mol. The Bertz CT molecular complexity index is 216. The summed E-state index contributed by atoms with van der Waals surface area (Å²) >= 11 is 0. The third kappa shape index (κ3) is 9.99. The van der Waals surface area contributed by atoms with E-state index in [1.807, 2.05) is 0 Å². The molecule has 0 N–H and O–H groups in total. The Labute approximate surface area is 87.7 Å². The maximum atomic E-state index is 9.68. The number of rotatable bonds is 2. The van der Waals surface area contributed by atoms with Crippen molar-refractivity contribution in [3.8, 4) is 0 Å². The summed E-state index contributed by atoms with van der Waals surface area (Å²) in [5.74, 6) is 0.793. The molecule has 0 aromatic carbocycles. The third-order valence-electron chi connectivity index (χ3n) is 2.35. The second-order valence-electron chi connectivity index (χ2n) is 4.00. The van der Waals surface area contributed by atoms with Crippen molar-refractivity contribution in [1.82, 2.24) is 0 Å². The Morgan fingerprint density at radius 2 is 1.71 bits per heavy atom. The van der Waals surface area contributed by atoms with Gasteiger partial charge in [-0.3, -0.25) is 0 Å². The van der Waals surface area contributed by atoms with E-state index in [-0.39, 0.29) is 5.75 Å². The first kappa shape index (κ1) is 13.9. The topological polar surface area (TPSA) is 57.2 Å². The molecule has 1 aliphatic rings. The van der Waals surface area contributed by atoms with Crippen LogP contribution in [0.3, 0.4) is 0 Å². The van der Waals surface area contributed by atoms with Gasteiger partial charge < -0.3 is 4.55 Å². The molecule has 1 saturated carbocycles. The van der Waals surface area contributed by atoms with Crippen molar-refractivity contribution in [2.45, 2.75) is 52.4 Å². The van der Waals surface area contributed by atoms with Gasteiger partial charge in [0.25, 0.3) is 0 Å². The molecule has 0 radical (unpaired) electrons. The van der Waals surface area contributed by atoms with Gasteiger partial charge in [0, 0.05) is 5.75 Å². The van der Waals surface area contributed by atoms with Crippen LogP contribution >= 0.6 is 0 Å². The van der Waals surface area contributed by atoms with Crippen LogP contribution in [0.25, 0.3) is 0 Å². The van der Waals surface area contributed by atoms with E-state index in [1.165, 1.54) is 32.1 Å². The molecule has 1 aliphatic carbocycles. The van der Waals surface area contributed by atoms with Gasteiger partial charge in [0.2, 0.25) is 0 Å². The summed E-state index contributed by atoms with van der Waals surface area (Å²) in [7, 11) is -3.92. The Kier molecular flexibility index (Phi) is 7.19. The van der Waals surface area contributed by atoms with E-state index in [0.29, 0.717) is 6.42 Å². The third-order valence-corrected chi connectivity index (χ3v) is 3.26. The summed E-state index contributed by atoms with van der Waals surface area (Å²) in [5.41, 5.74) is 0. The second kappa shape index (κ2) is 7.23. The van der Waals surface area contributed by atoms with Gasteiger partial charge in [-0.05, 0) is 12.3 Å². The Morgan fingerprint density at radius 1 is 1.21 bits per heavy atom. The molecule has 14 heavy (non-hydrogen) atoms. The van der Waals surface area contributed by atoms with Crippen LogP contribution in [0.5, 0.6) is 0 Å². The highest BCUT2D eigenvalue weighted by Gasteiger charge is 2.05. The van der Waals surface area contributed by atoms with E-state index in [2.05, 4.69) is 6.92 Å². The second-order valence-corrected chi connectivity index (χ2v) is 5.53. The zero-order valence-electron chi connectivity index (χ0n) is 9.16. The van der Waals surface area contributed by atoms with Gasteiger partial charge in [0.1, 0.15) is 0 Å². The summed E-state index contributed by atoms with van der Waals surface area (Å²) < 4.78 is 29.0. The maximum Gasteiger partial charge on any atom is 0.0945 e. The van der Waals surface area contributed by atoms with Gasteiger partial charge in [-0.15, -0.1) is 0 Å². The van der Waals surface area contributed by atoms with E-state index in [0.717, 1.165) is 5.92 Å². The molecule has 0 atom stereocenters. The Balaban J connectivity index is 0.000000241. The Hall–Kier alpha value is -0.0900. The molecule has 0 heterocycles. The van der Waals surface area contributed by atoms with Gasteiger partial charge in [-0.1, -0.05) is 46.0 Å². The molecule has 0 saturated heterocycles. The molecule has 86 valence electrons. The van der Waals surface area contributed by atoms with Crippen molar-refractivity contribution in [2.24, 2.45) is 5.92 Å². The summed E-state index contributed by atoms with van der Waals surface area (Å²) in [5, 5.41) is 0. The summed E-state index contributed by atoms with van der Waals surface area (Å²) in [6.45, 7) is 4.01. The zero-order valence-corrected chi connectivity index (χ0v) is 9.98. The fourth-order valence-corrected chi connectivity index (χ4v) is 2.06. The van der Waals surface area contributed by atoms with Gasteiger partial charge in [0.15, 0.2) is 0 Å². The van der Waals surface area contributed by atoms with E-state index >= 15 is 0 Å². The average Bonchev–Trinajstić information content (AvgIpc) is 2.04. The molecule has 1 fully saturated rings. The van der Waals surface area contributed by atoms with E-state index in [4.69, 9.17) is 0 Å². The monoisotopic (exact) mass is 221 g/mol. The van der Waals surface area contributed by atoms with Gasteiger partial charge in [0.05, 0.1) is 10.1 Å². The Morgan fingerprint density at radius 3 is 1.86 bits per heavy atom. The number of hydrogen-bond acceptors (Lipinski definition) is 3. The van der Waals surface area contributed by atoms with Crippen LogP contribution in [0.15, 0.2) is 0 Å². The predicted molar refractivity (Wildman–Crippen MR) is 57.1 cm³/mol. The highest BCUT2D eigenvalue weighted by molar-refractivity contribution is 7.85. The van der Waals surface area contributed by atoms with Gasteiger partial charge >= 0.3 is 0 Å². The van der Waals surface area contributed by atoms with Crippen molar-refractivity contribution < 1.29 is 13.0 Å². The normalized spacial score (nSPS) is 18.5. The van der Waals surface area contributed by atoms with Crippen LogP contribution in [0, 0.1) is 5.92 Å². The lowest BCUT2D eigenvalue weighted by Crippen LogP contribution is -2.01. The molecule has 3 nitrogen and oxygen atoms in total. The average molecular weight is 221 g/mol. The van der Waals surface area contributed by atoms with Crippen LogP contribution in [-0.4, -0.2) is 18.7 Å².